The third-order valence-corrected chi connectivity index (χ3v) is 8.17. The quantitative estimate of drug-likeness (QED) is 0.382. The predicted molar refractivity (Wildman–Crippen MR) is 124 cm³/mol. The van der Waals surface area contributed by atoms with Gasteiger partial charge in [0.2, 0.25) is 15.9 Å². The van der Waals surface area contributed by atoms with Crippen LogP contribution in [0.25, 0.3) is 0 Å². The third kappa shape index (κ3) is 5.35. The largest absolute Gasteiger partial charge is 0.489 e. The molecule has 0 aromatic heterocycles. The number of piperidine rings is 1. The van der Waals surface area contributed by atoms with Gasteiger partial charge in [0.05, 0.1) is 17.0 Å². The third-order valence-electron chi connectivity index (χ3n) is 6.26. The molecule has 190 valence electrons. The Morgan fingerprint density at radius 2 is 1.80 bits per heavy atom. The van der Waals surface area contributed by atoms with Crippen LogP contribution in [0.2, 0.25) is 0 Å². The Labute approximate surface area is 204 Å². The molecule has 2 aromatic carbocycles. The van der Waals surface area contributed by atoms with E-state index in [1.807, 2.05) is 31.2 Å². The van der Waals surface area contributed by atoms with E-state index in [4.69, 9.17) is 19.4 Å². The molecule has 0 radical (unpaired) electrons. The van der Waals surface area contributed by atoms with E-state index in [0.29, 0.717) is 12.4 Å². The Morgan fingerprint density at radius 3 is 2.46 bits per heavy atom. The molecule has 2 heterocycles. The van der Waals surface area contributed by atoms with Crippen molar-refractivity contribution < 1.29 is 37.7 Å². The summed E-state index contributed by atoms with van der Waals surface area (Å²) in [5, 5.41) is 19.7. The molecule has 2 aliphatic rings. The molecule has 0 unspecified atom stereocenters. The minimum atomic E-state index is -4.14. The number of hydrogen-bond acceptors (Lipinski definition) is 8. The second-order valence-electron chi connectivity index (χ2n) is 9.20. The number of hydroxylamine groups is 1. The molecule has 4 rings (SSSR count). The first kappa shape index (κ1) is 25.5. The van der Waals surface area contributed by atoms with Crippen molar-refractivity contribution in [3.8, 4) is 5.75 Å². The van der Waals surface area contributed by atoms with Crippen molar-refractivity contribution in [1.82, 2.24) is 9.79 Å². The predicted octanol–water partition coefficient (Wildman–Crippen LogP) is 1.72. The number of ether oxygens (including phenoxy) is 3. The van der Waals surface area contributed by atoms with Gasteiger partial charge in [-0.2, -0.15) is 4.31 Å². The number of carbonyl (C=O) groups excluding carboxylic acids is 1. The summed E-state index contributed by atoms with van der Waals surface area (Å²) in [6.07, 6.45) is -3.26. The van der Waals surface area contributed by atoms with Gasteiger partial charge < -0.3 is 19.3 Å². The number of aryl methyl sites for hydroxylation is 1. The van der Waals surface area contributed by atoms with E-state index in [0.717, 1.165) is 15.4 Å². The van der Waals surface area contributed by atoms with Crippen molar-refractivity contribution in [2.75, 3.05) is 6.54 Å². The molecule has 0 bridgehead atoms. The molecular weight excluding hydrogens is 476 g/mol. The first-order chi connectivity index (χ1) is 16.5. The molecule has 2 aliphatic heterocycles. The number of rotatable bonds is 7. The van der Waals surface area contributed by atoms with Crippen molar-refractivity contribution in [3.63, 3.8) is 0 Å². The fourth-order valence-electron chi connectivity index (χ4n) is 4.51. The molecule has 2 saturated heterocycles. The lowest BCUT2D eigenvalue weighted by Gasteiger charge is -2.42. The minimum absolute atomic E-state index is 0.0287. The highest BCUT2D eigenvalue weighted by Gasteiger charge is 2.56. The topological polar surface area (TPSA) is 135 Å². The lowest BCUT2D eigenvalue weighted by molar-refractivity contribution is -0.153. The number of benzene rings is 2. The second-order valence-corrected chi connectivity index (χ2v) is 11.1. The summed E-state index contributed by atoms with van der Waals surface area (Å²) in [7, 11) is -4.14. The van der Waals surface area contributed by atoms with Crippen LogP contribution in [0, 0.1) is 6.92 Å². The molecule has 0 saturated carbocycles. The van der Waals surface area contributed by atoms with Gasteiger partial charge in [-0.3, -0.25) is 10.0 Å². The normalized spacial score (nSPS) is 26.2. The van der Waals surface area contributed by atoms with Gasteiger partial charge in [0.1, 0.15) is 24.6 Å². The standard InChI is InChI=1S/C24H30N2O8S/c1-15-6-4-5-7-16(15)14-32-17-8-10-18(11-9-17)35(30,31)26-13-20(27)23-22(33-24(2,3)34-23)19(26)12-21(28)25-29/h4-11,19-20,22-23,27,29H,12-14H2,1-3H3,(H,25,28)/t19-,20-,22+,23-/m1/s1. The summed E-state index contributed by atoms with van der Waals surface area (Å²) in [4.78, 5) is 12.0. The Kier molecular flexibility index (Phi) is 7.18. The Hall–Kier alpha value is -2.54. The number of carbonyl (C=O) groups is 1. The van der Waals surface area contributed by atoms with Crippen LogP contribution < -0.4 is 10.2 Å². The van der Waals surface area contributed by atoms with Crippen molar-refractivity contribution in [3.05, 3.63) is 59.7 Å². The number of nitrogens with zero attached hydrogens (tertiary/aromatic N) is 1. The van der Waals surface area contributed by atoms with E-state index in [1.54, 1.807) is 26.0 Å². The minimum Gasteiger partial charge on any atom is -0.489 e. The molecule has 0 spiro atoms. The highest BCUT2D eigenvalue weighted by atomic mass is 32.2. The molecule has 1 amide bonds. The van der Waals surface area contributed by atoms with Gasteiger partial charge in [-0.05, 0) is 56.2 Å². The lowest BCUT2D eigenvalue weighted by Crippen LogP contribution is -2.62. The first-order valence-corrected chi connectivity index (χ1v) is 12.7. The number of nitrogens with one attached hydrogen (secondary N) is 1. The number of β-amino-alcohol motifs (C(OH)–C–C–N with tert-alkyl or cyclic N) is 1. The maximum Gasteiger partial charge on any atom is 0.245 e. The van der Waals surface area contributed by atoms with E-state index in [9.17, 15) is 18.3 Å². The van der Waals surface area contributed by atoms with Crippen molar-refractivity contribution in [1.29, 1.82) is 0 Å². The highest BCUT2D eigenvalue weighted by molar-refractivity contribution is 7.89. The van der Waals surface area contributed by atoms with Gasteiger partial charge in [-0.15, -0.1) is 0 Å². The number of aliphatic hydroxyl groups is 1. The average Bonchev–Trinajstić information content (AvgIpc) is 3.16. The van der Waals surface area contributed by atoms with Gasteiger partial charge in [-0.25, -0.2) is 13.9 Å². The van der Waals surface area contributed by atoms with E-state index in [2.05, 4.69) is 0 Å². The van der Waals surface area contributed by atoms with Crippen LogP contribution in [0.15, 0.2) is 53.4 Å². The monoisotopic (exact) mass is 506 g/mol. The average molecular weight is 507 g/mol. The van der Waals surface area contributed by atoms with Crippen molar-refractivity contribution in [2.45, 2.75) is 68.8 Å². The maximum atomic E-state index is 13.6. The summed E-state index contributed by atoms with van der Waals surface area (Å²) in [5.41, 5.74) is 3.65. The van der Waals surface area contributed by atoms with Crippen molar-refractivity contribution in [2.24, 2.45) is 0 Å². The molecule has 11 heteroatoms. The van der Waals surface area contributed by atoms with E-state index in [-0.39, 0.29) is 17.9 Å². The number of sulfonamides is 1. The zero-order valence-electron chi connectivity index (χ0n) is 19.7. The van der Waals surface area contributed by atoms with Gasteiger partial charge >= 0.3 is 0 Å². The smallest absolute Gasteiger partial charge is 0.245 e. The highest BCUT2D eigenvalue weighted by Crippen LogP contribution is 2.39. The zero-order valence-corrected chi connectivity index (χ0v) is 20.6. The first-order valence-electron chi connectivity index (χ1n) is 11.3. The Bertz CT molecular complexity index is 1170. The molecule has 10 nitrogen and oxygen atoms in total. The van der Waals surface area contributed by atoms with E-state index >= 15 is 0 Å². The van der Waals surface area contributed by atoms with Crippen molar-refractivity contribution >= 4 is 15.9 Å². The maximum absolute atomic E-state index is 13.6. The Morgan fingerprint density at radius 1 is 1.14 bits per heavy atom. The second kappa shape index (κ2) is 9.84. The van der Waals surface area contributed by atoms with Gasteiger partial charge in [0, 0.05) is 13.0 Å². The van der Waals surface area contributed by atoms with Crippen LogP contribution in [0.4, 0.5) is 0 Å². The summed E-state index contributed by atoms with van der Waals surface area (Å²) in [6.45, 7) is 5.33. The summed E-state index contributed by atoms with van der Waals surface area (Å²) < 4.78 is 45.6. The number of fused-ring (bicyclic) bond motifs is 1. The number of aliphatic hydroxyl groups excluding tert-OH is 1. The summed E-state index contributed by atoms with van der Waals surface area (Å²) in [5.74, 6) is -1.35. The summed E-state index contributed by atoms with van der Waals surface area (Å²) in [6, 6.07) is 12.8. The van der Waals surface area contributed by atoms with Gasteiger partial charge in [0.25, 0.3) is 0 Å². The molecule has 2 aromatic rings. The molecule has 2 fully saturated rings. The molecule has 4 atom stereocenters. The number of hydrogen-bond donors (Lipinski definition) is 3. The van der Waals surface area contributed by atoms with Crippen LogP contribution >= 0.6 is 0 Å². The van der Waals surface area contributed by atoms with Gasteiger partial charge in [-0.1, -0.05) is 24.3 Å². The number of amides is 1. The van der Waals surface area contributed by atoms with E-state index < -0.39 is 46.1 Å². The van der Waals surface area contributed by atoms with Crippen LogP contribution in [0.5, 0.6) is 5.75 Å². The zero-order chi connectivity index (χ0) is 25.4. The van der Waals surface area contributed by atoms with E-state index in [1.165, 1.54) is 17.6 Å². The van der Waals surface area contributed by atoms with Crippen LogP contribution in [-0.4, -0.2) is 65.6 Å². The van der Waals surface area contributed by atoms with Gasteiger partial charge in [0.15, 0.2) is 5.79 Å². The van der Waals surface area contributed by atoms with Crippen LogP contribution in [-0.2, 0) is 30.9 Å². The molecular formula is C24H30N2O8S. The molecule has 35 heavy (non-hydrogen) atoms. The van der Waals surface area contributed by atoms with Crippen LogP contribution in [0.1, 0.15) is 31.4 Å². The van der Waals surface area contributed by atoms with Crippen LogP contribution in [0.3, 0.4) is 0 Å². The molecule has 0 aliphatic carbocycles. The summed E-state index contributed by atoms with van der Waals surface area (Å²) >= 11 is 0. The fraction of sp³-hybridized carbons (Fsp3) is 0.458. The SMILES string of the molecule is Cc1ccccc1COc1ccc(S(=O)(=O)N2C[C@@H](O)[C@H]3OC(C)(C)O[C@H]3[C@H]2CC(=O)NO)cc1. The Balaban J connectivity index is 1.56. The lowest BCUT2D eigenvalue weighted by atomic mass is 9.94. The fourth-order valence-corrected chi connectivity index (χ4v) is 6.16. The molecule has 3 N–H and O–H groups in total.